The number of nitrogens with zero attached hydrogens (tertiary/aromatic N) is 3. The first-order chi connectivity index (χ1) is 12.9. The monoisotopic (exact) mass is 387 g/mol. The van der Waals surface area contributed by atoms with Crippen LogP contribution in [0, 0.1) is 11.8 Å². The fourth-order valence-electron chi connectivity index (χ4n) is 2.10. The molecule has 156 valence electrons. The molecule has 0 aliphatic rings. The van der Waals surface area contributed by atoms with Crippen molar-refractivity contribution in [1.29, 1.82) is 0 Å². The molecule has 0 unspecified atom stereocenters. The fraction of sp³-hybridized carbons (Fsp3) is 0.882. The minimum atomic E-state index is -0.557. The summed E-state index contributed by atoms with van der Waals surface area (Å²) in [6, 6.07) is -0.557. The summed E-state index contributed by atoms with van der Waals surface area (Å²) in [4.78, 5) is 26.6. The lowest BCUT2D eigenvalue weighted by atomic mass is 9.88. The lowest BCUT2D eigenvalue weighted by Crippen LogP contribution is -2.39. The Morgan fingerprint density at radius 1 is 1.04 bits per heavy atom. The van der Waals surface area contributed by atoms with Crippen LogP contribution < -0.4 is 11.1 Å². The molecule has 3 N–H and O–H groups in total. The lowest BCUT2D eigenvalue weighted by Gasteiger charge is -2.20. The third kappa shape index (κ3) is 14.1. The van der Waals surface area contributed by atoms with Crippen LogP contribution in [0.25, 0.3) is 10.4 Å². The number of nitrogens with two attached hydrogens (primary N) is 1. The van der Waals surface area contributed by atoms with Gasteiger partial charge in [-0.05, 0) is 18.4 Å². The van der Waals surface area contributed by atoms with Gasteiger partial charge in [0.1, 0.15) is 5.78 Å². The highest BCUT2D eigenvalue weighted by Gasteiger charge is 2.25. The molecule has 0 rings (SSSR count). The number of nitrogens with one attached hydrogen (secondary N) is 1. The van der Waals surface area contributed by atoms with Crippen molar-refractivity contribution in [2.45, 2.75) is 33.2 Å². The Balaban J connectivity index is 3.68. The molecule has 10 nitrogen and oxygen atoms in total. The number of rotatable bonds is 17. The summed E-state index contributed by atoms with van der Waals surface area (Å²) in [7, 11) is 0. The second-order valence-corrected chi connectivity index (χ2v) is 6.39. The Hall–Kier alpha value is -1.71. The SMILES string of the molecule is CC(C)[C@@H](CC(=O)[C@@H](C)N)C(=O)NCCOCCOCCOCCN=[N+]=[N-]. The Bertz CT molecular complexity index is 467. The normalized spacial score (nSPS) is 13.1. The number of ether oxygens (including phenoxy) is 3. The molecule has 0 aromatic heterocycles. The molecule has 2 atom stereocenters. The summed E-state index contributed by atoms with van der Waals surface area (Å²) < 4.78 is 15.9. The minimum absolute atomic E-state index is 0.0518. The van der Waals surface area contributed by atoms with Gasteiger partial charge in [0.2, 0.25) is 5.91 Å². The van der Waals surface area contributed by atoms with E-state index in [4.69, 9.17) is 25.5 Å². The van der Waals surface area contributed by atoms with Gasteiger partial charge < -0.3 is 25.3 Å². The Morgan fingerprint density at radius 3 is 2.11 bits per heavy atom. The molecule has 1 amide bonds. The van der Waals surface area contributed by atoms with Gasteiger partial charge in [-0.25, -0.2) is 0 Å². The maximum absolute atomic E-state index is 12.2. The topological polar surface area (TPSA) is 149 Å². The molecule has 0 fully saturated rings. The van der Waals surface area contributed by atoms with E-state index in [1.165, 1.54) is 0 Å². The van der Waals surface area contributed by atoms with E-state index in [9.17, 15) is 9.59 Å². The van der Waals surface area contributed by atoms with Crippen LogP contribution >= 0.6 is 0 Å². The first-order valence-corrected chi connectivity index (χ1v) is 9.20. The zero-order chi connectivity index (χ0) is 20.5. The van der Waals surface area contributed by atoms with Crippen LogP contribution in [0.4, 0.5) is 0 Å². The van der Waals surface area contributed by atoms with Crippen LogP contribution in [0.1, 0.15) is 27.2 Å². The quantitative estimate of drug-likeness (QED) is 0.165. The van der Waals surface area contributed by atoms with Gasteiger partial charge in [0.15, 0.2) is 0 Å². The van der Waals surface area contributed by atoms with Crippen LogP contribution in [0.15, 0.2) is 5.11 Å². The van der Waals surface area contributed by atoms with E-state index >= 15 is 0 Å². The number of Topliss-reactive ketones (excluding diaryl/α,β-unsaturated/α-hetero) is 1. The average Bonchev–Trinajstić information content (AvgIpc) is 2.62. The zero-order valence-electron chi connectivity index (χ0n) is 16.6. The number of hydrogen-bond acceptors (Lipinski definition) is 7. The second-order valence-electron chi connectivity index (χ2n) is 6.39. The zero-order valence-corrected chi connectivity index (χ0v) is 16.6. The van der Waals surface area contributed by atoms with Gasteiger partial charge >= 0.3 is 0 Å². The van der Waals surface area contributed by atoms with E-state index in [2.05, 4.69) is 15.3 Å². The van der Waals surface area contributed by atoms with Crippen molar-refractivity contribution in [2.75, 3.05) is 52.7 Å². The van der Waals surface area contributed by atoms with Crippen LogP contribution in [-0.2, 0) is 23.8 Å². The molecule has 10 heteroatoms. The van der Waals surface area contributed by atoms with E-state index in [1.54, 1.807) is 6.92 Å². The van der Waals surface area contributed by atoms with Gasteiger partial charge in [-0.3, -0.25) is 9.59 Å². The summed E-state index contributed by atoms with van der Waals surface area (Å²) in [5.41, 5.74) is 13.7. The van der Waals surface area contributed by atoms with E-state index in [1.807, 2.05) is 13.8 Å². The molecule has 27 heavy (non-hydrogen) atoms. The second kappa shape index (κ2) is 16.5. The standard InChI is InChI=1S/C17H33N5O5/c1-13(2)15(12-16(23)14(3)18)17(24)20-4-6-25-8-10-27-11-9-26-7-5-21-22-19/h13-15H,4-12,18H2,1-3H3,(H,20,24)/t14-,15-/m1/s1. The van der Waals surface area contributed by atoms with E-state index in [0.29, 0.717) is 52.7 Å². The summed E-state index contributed by atoms with van der Waals surface area (Å²) in [6.45, 7) is 8.55. The van der Waals surface area contributed by atoms with Gasteiger partial charge in [0.25, 0.3) is 0 Å². The molecule has 0 aliphatic heterocycles. The fourth-order valence-corrected chi connectivity index (χ4v) is 2.10. The van der Waals surface area contributed by atoms with Gasteiger partial charge in [-0.1, -0.05) is 19.0 Å². The molecule has 0 saturated carbocycles. The van der Waals surface area contributed by atoms with Crippen molar-refractivity contribution in [3.05, 3.63) is 10.4 Å². The largest absolute Gasteiger partial charge is 0.379 e. The Morgan fingerprint density at radius 2 is 1.59 bits per heavy atom. The van der Waals surface area contributed by atoms with Crippen LogP contribution in [0.2, 0.25) is 0 Å². The van der Waals surface area contributed by atoms with Crippen molar-refractivity contribution >= 4 is 11.7 Å². The summed E-state index contributed by atoms with van der Waals surface area (Å²) in [6.07, 6.45) is 0.154. The third-order valence-electron chi connectivity index (χ3n) is 3.76. The smallest absolute Gasteiger partial charge is 0.223 e. The van der Waals surface area contributed by atoms with Crippen molar-refractivity contribution in [1.82, 2.24) is 5.32 Å². The Kier molecular flexibility index (Phi) is 15.4. The maximum Gasteiger partial charge on any atom is 0.223 e. The van der Waals surface area contributed by atoms with Crippen LogP contribution in [-0.4, -0.2) is 70.5 Å². The molecule has 0 radical (unpaired) electrons. The highest BCUT2D eigenvalue weighted by molar-refractivity contribution is 5.89. The maximum atomic E-state index is 12.2. The first kappa shape index (κ1) is 25.3. The molecule has 0 aliphatic carbocycles. The van der Waals surface area contributed by atoms with E-state index < -0.39 is 6.04 Å². The number of hydrogen-bond donors (Lipinski definition) is 2. The molecule has 0 aromatic carbocycles. The third-order valence-corrected chi connectivity index (χ3v) is 3.76. The molecule has 0 saturated heterocycles. The van der Waals surface area contributed by atoms with Gasteiger partial charge in [0, 0.05) is 30.3 Å². The highest BCUT2D eigenvalue weighted by Crippen LogP contribution is 2.16. The van der Waals surface area contributed by atoms with Gasteiger partial charge in [-0.15, -0.1) is 0 Å². The molecule has 0 heterocycles. The molecule has 0 bridgehead atoms. The van der Waals surface area contributed by atoms with Crippen LogP contribution in [0.3, 0.4) is 0 Å². The number of amides is 1. The highest BCUT2D eigenvalue weighted by atomic mass is 16.5. The Labute approximate surface area is 160 Å². The van der Waals surface area contributed by atoms with Crippen molar-refractivity contribution in [2.24, 2.45) is 22.7 Å². The summed E-state index contributed by atoms with van der Waals surface area (Å²) >= 11 is 0. The van der Waals surface area contributed by atoms with Crippen molar-refractivity contribution < 1.29 is 23.8 Å². The predicted molar refractivity (Wildman–Crippen MR) is 101 cm³/mol. The average molecular weight is 387 g/mol. The first-order valence-electron chi connectivity index (χ1n) is 9.20. The van der Waals surface area contributed by atoms with Gasteiger partial charge in [0.05, 0.1) is 45.7 Å². The molecular formula is C17H33N5O5. The minimum Gasteiger partial charge on any atom is -0.379 e. The number of ketones is 1. The number of azide groups is 1. The van der Waals surface area contributed by atoms with Gasteiger partial charge in [-0.2, -0.15) is 0 Å². The van der Waals surface area contributed by atoms with E-state index in [0.717, 1.165) is 0 Å². The summed E-state index contributed by atoms with van der Waals surface area (Å²) in [5, 5.41) is 6.14. The van der Waals surface area contributed by atoms with Crippen LogP contribution in [0.5, 0.6) is 0 Å². The number of carbonyl (C=O) groups excluding carboxylic acids is 2. The van der Waals surface area contributed by atoms with Crippen molar-refractivity contribution in [3.8, 4) is 0 Å². The number of carbonyl (C=O) groups is 2. The molecular weight excluding hydrogens is 354 g/mol. The predicted octanol–water partition coefficient (Wildman–Crippen LogP) is 1.04. The molecule has 0 spiro atoms. The lowest BCUT2D eigenvalue weighted by molar-refractivity contribution is -0.131. The molecule has 0 aromatic rings. The van der Waals surface area contributed by atoms with E-state index in [-0.39, 0.29) is 29.9 Å². The van der Waals surface area contributed by atoms with Crippen molar-refractivity contribution in [3.63, 3.8) is 0 Å². The summed E-state index contributed by atoms with van der Waals surface area (Å²) in [5.74, 6) is -0.600.